The van der Waals surface area contributed by atoms with E-state index in [0.29, 0.717) is 11.5 Å². The van der Waals surface area contributed by atoms with Gasteiger partial charge in [-0.2, -0.15) is 5.26 Å². The molecule has 2 aromatic carbocycles. The summed E-state index contributed by atoms with van der Waals surface area (Å²) in [6.07, 6.45) is 2.31. The predicted octanol–water partition coefficient (Wildman–Crippen LogP) is 4.70. The van der Waals surface area contributed by atoms with Gasteiger partial charge in [0, 0.05) is 35.8 Å². The lowest BCUT2D eigenvalue weighted by atomic mass is 10.0. The van der Waals surface area contributed by atoms with Crippen LogP contribution in [0.5, 0.6) is 0 Å². The lowest BCUT2D eigenvalue weighted by molar-refractivity contribution is 0.0941. The van der Waals surface area contributed by atoms with Crippen molar-refractivity contribution in [3.63, 3.8) is 0 Å². The van der Waals surface area contributed by atoms with Gasteiger partial charge in [-0.3, -0.25) is 9.59 Å². The minimum absolute atomic E-state index is 0.0924. The quantitative estimate of drug-likeness (QED) is 0.492. The fourth-order valence-electron chi connectivity index (χ4n) is 3.96. The normalized spacial score (nSPS) is 12.8. The maximum absolute atomic E-state index is 14.0. The van der Waals surface area contributed by atoms with Crippen LogP contribution in [0.3, 0.4) is 0 Å². The zero-order chi connectivity index (χ0) is 24.2. The number of carbonyl (C=O) groups excluding carboxylic acids is 2. The highest BCUT2D eigenvalue weighted by Gasteiger charge is 2.25. The molecule has 1 heterocycles. The SMILES string of the molecule is Cc1ccc(C(=O)NCCn2c(C#N)ccc2C(=O)NCc2c(F)cccc2Cl)cc1C1CC1. The average Bonchev–Trinajstić information content (AvgIpc) is 3.58. The van der Waals surface area contributed by atoms with Crippen molar-refractivity contribution in [2.24, 2.45) is 0 Å². The summed E-state index contributed by atoms with van der Waals surface area (Å²) in [5, 5.41) is 15.2. The van der Waals surface area contributed by atoms with E-state index in [9.17, 15) is 19.2 Å². The number of nitrogens with one attached hydrogen (secondary N) is 2. The topological polar surface area (TPSA) is 86.9 Å². The molecule has 4 rings (SSSR count). The number of aromatic nitrogens is 1. The Hall–Kier alpha value is -3.63. The number of rotatable bonds is 8. The van der Waals surface area contributed by atoms with Gasteiger partial charge in [0.2, 0.25) is 0 Å². The van der Waals surface area contributed by atoms with Crippen molar-refractivity contribution in [3.05, 3.63) is 93.0 Å². The molecule has 1 aliphatic carbocycles. The van der Waals surface area contributed by atoms with Gasteiger partial charge in [0.25, 0.3) is 11.8 Å². The minimum Gasteiger partial charge on any atom is -0.350 e. The molecule has 3 aromatic rings. The molecule has 0 bridgehead atoms. The number of hydrogen-bond acceptors (Lipinski definition) is 3. The summed E-state index contributed by atoms with van der Waals surface area (Å²) in [4.78, 5) is 25.4. The molecule has 2 N–H and O–H groups in total. The number of nitriles is 1. The van der Waals surface area contributed by atoms with Crippen molar-refractivity contribution in [2.75, 3.05) is 6.54 Å². The van der Waals surface area contributed by atoms with Gasteiger partial charge < -0.3 is 15.2 Å². The van der Waals surface area contributed by atoms with Gasteiger partial charge in [-0.15, -0.1) is 0 Å². The van der Waals surface area contributed by atoms with Gasteiger partial charge >= 0.3 is 0 Å². The zero-order valence-electron chi connectivity index (χ0n) is 18.7. The first kappa shape index (κ1) is 23.5. The average molecular weight is 479 g/mol. The predicted molar refractivity (Wildman–Crippen MR) is 127 cm³/mol. The van der Waals surface area contributed by atoms with E-state index in [1.165, 1.54) is 40.0 Å². The summed E-state index contributed by atoms with van der Waals surface area (Å²) in [6, 6.07) is 15.2. The molecule has 0 radical (unpaired) electrons. The number of benzene rings is 2. The van der Waals surface area contributed by atoms with Crippen LogP contribution in [0.1, 0.15) is 62.0 Å². The van der Waals surface area contributed by atoms with E-state index in [-0.39, 0.29) is 47.5 Å². The van der Waals surface area contributed by atoms with Crippen molar-refractivity contribution in [1.29, 1.82) is 5.26 Å². The Morgan fingerprint density at radius 3 is 2.65 bits per heavy atom. The molecule has 1 saturated carbocycles. The van der Waals surface area contributed by atoms with Crippen LogP contribution >= 0.6 is 11.6 Å². The standard InChI is InChI=1S/C26H24ClFN4O2/c1-16-5-6-18(13-20(16)17-7-8-17)25(33)30-11-12-32-19(14-29)9-10-24(32)26(34)31-15-21-22(27)3-2-4-23(21)28/h2-6,9-10,13,17H,7-8,11-12,15H2,1H3,(H,30,33)(H,31,34). The molecular formula is C26H24ClFN4O2. The van der Waals surface area contributed by atoms with Gasteiger partial charge in [-0.05, 0) is 73.2 Å². The van der Waals surface area contributed by atoms with E-state index in [1.54, 1.807) is 12.1 Å². The molecule has 0 saturated heterocycles. The largest absolute Gasteiger partial charge is 0.350 e. The summed E-state index contributed by atoms with van der Waals surface area (Å²) in [6.45, 7) is 2.42. The van der Waals surface area contributed by atoms with Crippen LogP contribution in [0.15, 0.2) is 48.5 Å². The van der Waals surface area contributed by atoms with Crippen molar-refractivity contribution in [1.82, 2.24) is 15.2 Å². The third-order valence-corrected chi connectivity index (χ3v) is 6.35. The number of nitrogens with zero attached hydrogens (tertiary/aromatic N) is 2. The highest BCUT2D eigenvalue weighted by Crippen LogP contribution is 2.41. The maximum atomic E-state index is 14.0. The number of hydrogen-bond donors (Lipinski definition) is 2. The van der Waals surface area contributed by atoms with Crippen LogP contribution in [0, 0.1) is 24.1 Å². The lowest BCUT2D eigenvalue weighted by Crippen LogP contribution is -2.30. The van der Waals surface area contributed by atoms with Crippen LogP contribution in [-0.2, 0) is 13.1 Å². The number of carbonyl (C=O) groups is 2. The molecule has 0 aliphatic heterocycles. The molecule has 6 nitrogen and oxygen atoms in total. The third kappa shape index (κ3) is 5.13. The van der Waals surface area contributed by atoms with Gasteiger partial charge in [0.1, 0.15) is 23.3 Å². The van der Waals surface area contributed by atoms with Gasteiger partial charge in [0.15, 0.2) is 0 Å². The molecular weight excluding hydrogens is 455 g/mol. The van der Waals surface area contributed by atoms with E-state index < -0.39 is 11.7 Å². The number of aryl methyl sites for hydroxylation is 1. The Kier molecular flexibility index (Phi) is 6.99. The second kappa shape index (κ2) is 10.1. The molecule has 8 heteroatoms. The Labute approximate surface area is 202 Å². The molecule has 0 unspecified atom stereocenters. The second-order valence-electron chi connectivity index (χ2n) is 8.35. The molecule has 0 spiro atoms. The maximum Gasteiger partial charge on any atom is 0.268 e. The number of halogens is 2. The van der Waals surface area contributed by atoms with E-state index >= 15 is 0 Å². The van der Waals surface area contributed by atoms with E-state index in [0.717, 1.165) is 12.8 Å². The number of amides is 2. The molecule has 1 aromatic heterocycles. The van der Waals surface area contributed by atoms with Gasteiger partial charge in [0.05, 0.1) is 0 Å². The first-order chi connectivity index (χ1) is 16.4. The molecule has 2 amide bonds. The van der Waals surface area contributed by atoms with Crippen LogP contribution in [0.4, 0.5) is 4.39 Å². The first-order valence-corrected chi connectivity index (χ1v) is 11.5. The van der Waals surface area contributed by atoms with Crippen LogP contribution < -0.4 is 10.6 Å². The van der Waals surface area contributed by atoms with Crippen LogP contribution in [0.25, 0.3) is 0 Å². The Bertz CT molecular complexity index is 1270. The lowest BCUT2D eigenvalue weighted by Gasteiger charge is -2.13. The van der Waals surface area contributed by atoms with Gasteiger partial charge in [-0.25, -0.2) is 4.39 Å². The van der Waals surface area contributed by atoms with E-state index in [1.807, 2.05) is 12.1 Å². The Morgan fingerprint density at radius 1 is 1.15 bits per heavy atom. The zero-order valence-corrected chi connectivity index (χ0v) is 19.5. The van der Waals surface area contributed by atoms with Gasteiger partial charge in [-0.1, -0.05) is 23.7 Å². The van der Waals surface area contributed by atoms with Crippen molar-refractivity contribution >= 4 is 23.4 Å². The summed E-state index contributed by atoms with van der Waals surface area (Å²) in [5.41, 5.74) is 3.72. The Balaban J connectivity index is 1.40. The van der Waals surface area contributed by atoms with Crippen molar-refractivity contribution < 1.29 is 14.0 Å². The van der Waals surface area contributed by atoms with Crippen molar-refractivity contribution in [3.8, 4) is 6.07 Å². The summed E-state index contributed by atoms with van der Waals surface area (Å²) >= 11 is 6.02. The smallest absolute Gasteiger partial charge is 0.268 e. The minimum atomic E-state index is -0.510. The Morgan fingerprint density at radius 2 is 1.94 bits per heavy atom. The molecule has 1 fully saturated rings. The van der Waals surface area contributed by atoms with Crippen LogP contribution in [0.2, 0.25) is 5.02 Å². The fourth-order valence-corrected chi connectivity index (χ4v) is 4.19. The summed E-state index contributed by atoms with van der Waals surface area (Å²) in [5.74, 6) is -0.636. The fraction of sp³-hybridized carbons (Fsp3) is 0.269. The first-order valence-electron chi connectivity index (χ1n) is 11.1. The summed E-state index contributed by atoms with van der Waals surface area (Å²) in [7, 11) is 0. The second-order valence-corrected chi connectivity index (χ2v) is 8.76. The summed E-state index contributed by atoms with van der Waals surface area (Å²) < 4.78 is 15.5. The monoisotopic (exact) mass is 478 g/mol. The van der Waals surface area contributed by atoms with Crippen LogP contribution in [-0.4, -0.2) is 22.9 Å². The van der Waals surface area contributed by atoms with E-state index in [2.05, 4.69) is 23.6 Å². The van der Waals surface area contributed by atoms with Crippen molar-refractivity contribution in [2.45, 2.75) is 38.8 Å². The molecule has 0 atom stereocenters. The third-order valence-electron chi connectivity index (χ3n) is 5.99. The highest BCUT2D eigenvalue weighted by molar-refractivity contribution is 6.31. The molecule has 174 valence electrons. The molecule has 34 heavy (non-hydrogen) atoms. The van der Waals surface area contributed by atoms with E-state index in [4.69, 9.17) is 11.6 Å². The molecule has 1 aliphatic rings. The highest BCUT2D eigenvalue weighted by atomic mass is 35.5.